The minimum atomic E-state index is 0.342. The Kier molecular flexibility index (Phi) is 3.14. The number of rotatable bonds is 4. The van der Waals surface area contributed by atoms with E-state index in [1.54, 1.807) is 0 Å². The Labute approximate surface area is 116 Å². The lowest BCUT2D eigenvalue weighted by Gasteiger charge is -2.10. The third-order valence-electron chi connectivity index (χ3n) is 3.28. The summed E-state index contributed by atoms with van der Waals surface area (Å²) in [6.07, 6.45) is 2.07. The number of benzene rings is 1. The van der Waals surface area contributed by atoms with Crippen LogP contribution in [0.1, 0.15) is 31.4 Å². The van der Waals surface area contributed by atoms with Crippen molar-refractivity contribution in [2.24, 2.45) is 0 Å². The number of aromatic nitrogens is 4. The van der Waals surface area contributed by atoms with Crippen LogP contribution >= 0.6 is 0 Å². The molecule has 0 atom stereocenters. The van der Waals surface area contributed by atoms with Gasteiger partial charge in [-0.2, -0.15) is 4.98 Å². The average molecular weight is 271 g/mol. The van der Waals surface area contributed by atoms with E-state index in [-0.39, 0.29) is 0 Å². The van der Waals surface area contributed by atoms with Crippen molar-refractivity contribution < 1.29 is 4.52 Å². The molecule has 2 aromatic heterocycles. The Morgan fingerprint density at radius 2 is 2.20 bits per heavy atom. The van der Waals surface area contributed by atoms with Gasteiger partial charge in [0.25, 0.3) is 0 Å². The topological polar surface area (TPSA) is 82.8 Å². The first kappa shape index (κ1) is 12.7. The Balaban J connectivity index is 2.00. The van der Waals surface area contributed by atoms with Crippen LogP contribution in [0.15, 0.2) is 29.1 Å². The van der Waals surface area contributed by atoms with E-state index in [0.717, 1.165) is 29.1 Å². The second-order valence-electron chi connectivity index (χ2n) is 5.12. The van der Waals surface area contributed by atoms with E-state index < -0.39 is 0 Å². The molecule has 0 saturated carbocycles. The van der Waals surface area contributed by atoms with Gasteiger partial charge in [0.15, 0.2) is 5.82 Å². The molecule has 3 aromatic rings. The van der Waals surface area contributed by atoms with Crippen molar-refractivity contribution in [2.45, 2.75) is 32.7 Å². The van der Waals surface area contributed by atoms with Crippen LogP contribution in [0.2, 0.25) is 0 Å². The fourth-order valence-corrected chi connectivity index (χ4v) is 2.36. The molecule has 0 aliphatic rings. The molecule has 104 valence electrons. The third-order valence-corrected chi connectivity index (χ3v) is 3.28. The molecular weight excluding hydrogens is 254 g/mol. The van der Waals surface area contributed by atoms with Crippen LogP contribution in [-0.2, 0) is 13.0 Å². The molecular formula is C14H17N5O. The Hall–Kier alpha value is -2.37. The van der Waals surface area contributed by atoms with Gasteiger partial charge < -0.3 is 14.8 Å². The maximum atomic E-state index is 5.83. The van der Waals surface area contributed by atoms with E-state index >= 15 is 0 Å². The Morgan fingerprint density at radius 3 is 2.90 bits per heavy atom. The summed E-state index contributed by atoms with van der Waals surface area (Å²) in [5.41, 5.74) is 8.58. The second kappa shape index (κ2) is 4.96. The maximum Gasteiger partial charge on any atom is 0.213 e. The molecule has 0 aliphatic carbocycles. The summed E-state index contributed by atoms with van der Waals surface area (Å²) in [5.74, 6) is 2.10. The van der Waals surface area contributed by atoms with Crippen molar-refractivity contribution in [1.82, 2.24) is 19.7 Å². The van der Waals surface area contributed by atoms with Crippen LogP contribution in [0.25, 0.3) is 11.0 Å². The largest absolute Gasteiger partial charge is 0.399 e. The molecule has 3 rings (SSSR count). The lowest BCUT2D eigenvalue weighted by atomic mass is 10.2. The molecule has 0 fully saturated rings. The average Bonchev–Trinajstić information content (AvgIpc) is 3.02. The number of imidazole rings is 1. The molecule has 0 spiro atoms. The van der Waals surface area contributed by atoms with Gasteiger partial charge in [0.1, 0.15) is 5.82 Å². The monoisotopic (exact) mass is 271 g/mol. The summed E-state index contributed by atoms with van der Waals surface area (Å²) in [4.78, 5) is 8.74. The van der Waals surface area contributed by atoms with Gasteiger partial charge in [-0.05, 0) is 18.2 Å². The van der Waals surface area contributed by atoms with Gasteiger partial charge in [0, 0.05) is 24.6 Å². The summed E-state index contributed by atoms with van der Waals surface area (Å²) in [6, 6.07) is 5.82. The summed E-state index contributed by atoms with van der Waals surface area (Å²) < 4.78 is 6.97. The van der Waals surface area contributed by atoms with Crippen molar-refractivity contribution in [1.29, 1.82) is 0 Å². The van der Waals surface area contributed by atoms with Crippen molar-refractivity contribution >= 4 is 16.7 Å². The van der Waals surface area contributed by atoms with Crippen molar-refractivity contribution in [3.05, 3.63) is 36.2 Å². The van der Waals surface area contributed by atoms with Gasteiger partial charge in [0.05, 0.1) is 11.0 Å². The van der Waals surface area contributed by atoms with Gasteiger partial charge >= 0.3 is 0 Å². The summed E-state index contributed by atoms with van der Waals surface area (Å²) in [6.45, 7) is 5.04. The molecule has 20 heavy (non-hydrogen) atoms. The zero-order valence-corrected chi connectivity index (χ0v) is 11.6. The second-order valence-corrected chi connectivity index (χ2v) is 5.12. The van der Waals surface area contributed by atoms with Crippen molar-refractivity contribution in [3.8, 4) is 0 Å². The van der Waals surface area contributed by atoms with E-state index in [1.165, 1.54) is 6.39 Å². The number of hydrogen-bond donors (Lipinski definition) is 1. The summed E-state index contributed by atoms with van der Waals surface area (Å²) in [5, 5.41) is 3.84. The van der Waals surface area contributed by atoms with Crippen LogP contribution in [0.5, 0.6) is 0 Å². The summed E-state index contributed by atoms with van der Waals surface area (Å²) in [7, 11) is 0. The van der Waals surface area contributed by atoms with Gasteiger partial charge in [0.2, 0.25) is 6.39 Å². The van der Waals surface area contributed by atoms with Gasteiger partial charge in [-0.25, -0.2) is 4.98 Å². The molecule has 0 bridgehead atoms. The minimum absolute atomic E-state index is 0.342. The van der Waals surface area contributed by atoms with Gasteiger partial charge in [-0.3, -0.25) is 0 Å². The highest BCUT2D eigenvalue weighted by Gasteiger charge is 2.14. The molecule has 2 N–H and O–H groups in total. The molecule has 0 amide bonds. The number of hydrogen-bond acceptors (Lipinski definition) is 5. The number of nitrogen functional groups attached to an aromatic ring is 1. The first-order valence-electron chi connectivity index (χ1n) is 6.66. The molecule has 6 nitrogen and oxygen atoms in total. The lowest BCUT2D eigenvalue weighted by molar-refractivity contribution is 0.408. The van der Waals surface area contributed by atoms with Crippen LogP contribution in [0.3, 0.4) is 0 Å². The number of nitrogens with zero attached hydrogens (tertiary/aromatic N) is 4. The lowest BCUT2D eigenvalue weighted by Crippen LogP contribution is -2.08. The third kappa shape index (κ3) is 2.24. The highest BCUT2D eigenvalue weighted by molar-refractivity contribution is 5.79. The first-order valence-corrected chi connectivity index (χ1v) is 6.66. The number of fused-ring (bicyclic) bond motifs is 1. The van der Waals surface area contributed by atoms with E-state index in [4.69, 9.17) is 15.2 Å². The molecule has 0 aliphatic heterocycles. The van der Waals surface area contributed by atoms with Crippen LogP contribution < -0.4 is 5.73 Å². The quantitative estimate of drug-likeness (QED) is 0.736. The van der Waals surface area contributed by atoms with E-state index in [2.05, 4.69) is 28.6 Å². The number of nitrogens with two attached hydrogens (primary N) is 1. The molecule has 2 heterocycles. The molecule has 0 saturated heterocycles. The molecule has 6 heteroatoms. The first-order chi connectivity index (χ1) is 9.65. The summed E-state index contributed by atoms with van der Waals surface area (Å²) >= 11 is 0. The number of aryl methyl sites for hydroxylation is 2. The van der Waals surface area contributed by atoms with E-state index in [1.807, 2.05) is 18.2 Å². The highest BCUT2D eigenvalue weighted by atomic mass is 16.5. The van der Waals surface area contributed by atoms with E-state index in [0.29, 0.717) is 18.2 Å². The fraction of sp³-hybridized carbons (Fsp3) is 0.357. The van der Waals surface area contributed by atoms with Crippen molar-refractivity contribution in [2.75, 3.05) is 5.73 Å². The minimum Gasteiger partial charge on any atom is -0.399 e. The van der Waals surface area contributed by atoms with Crippen LogP contribution in [-0.4, -0.2) is 19.7 Å². The Morgan fingerprint density at radius 1 is 1.35 bits per heavy atom. The van der Waals surface area contributed by atoms with E-state index in [9.17, 15) is 0 Å². The SMILES string of the molecule is CC(C)c1nc2cc(N)ccc2n1CCc1ncon1. The normalized spacial score (nSPS) is 11.6. The zero-order valence-electron chi connectivity index (χ0n) is 11.6. The van der Waals surface area contributed by atoms with Gasteiger partial charge in [-0.1, -0.05) is 19.0 Å². The predicted molar refractivity (Wildman–Crippen MR) is 76.2 cm³/mol. The maximum absolute atomic E-state index is 5.83. The highest BCUT2D eigenvalue weighted by Crippen LogP contribution is 2.23. The molecule has 0 radical (unpaired) electrons. The zero-order chi connectivity index (χ0) is 14.1. The smallest absolute Gasteiger partial charge is 0.213 e. The predicted octanol–water partition coefficient (Wildman–Crippen LogP) is 2.37. The molecule has 0 unspecified atom stereocenters. The molecule has 1 aromatic carbocycles. The van der Waals surface area contributed by atoms with Crippen molar-refractivity contribution in [3.63, 3.8) is 0 Å². The fourth-order valence-electron chi connectivity index (χ4n) is 2.36. The van der Waals surface area contributed by atoms with Gasteiger partial charge in [-0.15, -0.1) is 0 Å². The number of anilines is 1. The Bertz CT molecular complexity index is 715. The van der Waals surface area contributed by atoms with Crippen LogP contribution in [0.4, 0.5) is 5.69 Å². The van der Waals surface area contributed by atoms with Crippen LogP contribution in [0, 0.1) is 0 Å². The standard InChI is InChI=1S/C14H17N5O/c1-9(2)14-17-11-7-10(15)3-4-12(11)19(14)6-5-13-16-8-20-18-13/h3-4,7-9H,5-6,15H2,1-2H3.